The van der Waals surface area contributed by atoms with Crippen molar-refractivity contribution in [2.75, 3.05) is 7.11 Å². The van der Waals surface area contributed by atoms with Crippen LogP contribution >= 0.6 is 0 Å². The molecule has 0 saturated heterocycles. The molecule has 2 saturated carbocycles. The van der Waals surface area contributed by atoms with Crippen LogP contribution in [0.1, 0.15) is 67.3 Å². The van der Waals surface area contributed by atoms with Crippen LogP contribution in [0.4, 0.5) is 4.39 Å². The summed E-state index contributed by atoms with van der Waals surface area (Å²) < 4.78 is 19.3. The number of benzene rings is 2. The van der Waals surface area contributed by atoms with Crippen LogP contribution in [0.25, 0.3) is 10.8 Å². The molecule has 26 heavy (non-hydrogen) atoms. The van der Waals surface area contributed by atoms with Gasteiger partial charge in [-0.25, -0.2) is 9.18 Å². The van der Waals surface area contributed by atoms with E-state index in [1.54, 1.807) is 6.07 Å². The molecule has 2 aromatic rings. The highest BCUT2D eigenvalue weighted by atomic mass is 19.1. The number of rotatable bonds is 2. The lowest BCUT2D eigenvalue weighted by molar-refractivity contribution is 0.0600. The summed E-state index contributed by atoms with van der Waals surface area (Å²) >= 11 is 0. The minimum Gasteiger partial charge on any atom is -0.465 e. The van der Waals surface area contributed by atoms with Gasteiger partial charge in [0.25, 0.3) is 0 Å². The lowest BCUT2D eigenvalue weighted by Crippen LogP contribution is -2.29. The summed E-state index contributed by atoms with van der Waals surface area (Å²) in [5, 5.41) is 1.36. The molecule has 2 aliphatic rings. The van der Waals surface area contributed by atoms with Gasteiger partial charge in [-0.05, 0) is 84.9 Å². The second-order valence-corrected chi connectivity index (χ2v) is 8.38. The minimum atomic E-state index is -0.500. The zero-order valence-corrected chi connectivity index (χ0v) is 15.6. The van der Waals surface area contributed by atoms with Gasteiger partial charge in [-0.2, -0.15) is 0 Å². The second-order valence-electron chi connectivity index (χ2n) is 8.38. The fraction of sp³-hybridized carbons (Fsp3) is 0.522. The summed E-state index contributed by atoms with van der Waals surface area (Å²) in [6.45, 7) is 2.39. The van der Waals surface area contributed by atoms with Crippen molar-refractivity contribution < 1.29 is 13.9 Å². The van der Waals surface area contributed by atoms with Gasteiger partial charge >= 0.3 is 5.97 Å². The maximum Gasteiger partial charge on any atom is 0.337 e. The summed E-state index contributed by atoms with van der Waals surface area (Å²) in [6, 6.07) is 9.08. The molecular formula is C23H27FO2. The second kappa shape index (κ2) is 7.02. The molecule has 2 nitrogen and oxygen atoms in total. The van der Waals surface area contributed by atoms with E-state index in [2.05, 4.69) is 13.0 Å². The summed E-state index contributed by atoms with van der Waals surface area (Å²) in [6.07, 6.45) is 7.86. The molecule has 4 atom stereocenters. The maximum atomic E-state index is 14.6. The lowest BCUT2D eigenvalue weighted by Gasteiger charge is -2.41. The third-order valence-electron chi connectivity index (χ3n) is 6.70. The summed E-state index contributed by atoms with van der Waals surface area (Å²) in [7, 11) is 1.32. The fourth-order valence-electron chi connectivity index (χ4n) is 5.25. The number of hydrogen-bond donors (Lipinski definition) is 0. The highest BCUT2D eigenvalue weighted by Crippen LogP contribution is 2.47. The first-order valence-corrected chi connectivity index (χ1v) is 9.86. The number of ether oxygens (including phenoxy) is 1. The Bertz CT molecular complexity index is 828. The number of carbonyl (C=O) groups is 1. The molecule has 3 heteroatoms. The number of carbonyl (C=O) groups excluding carboxylic acids is 1. The first-order chi connectivity index (χ1) is 12.5. The van der Waals surface area contributed by atoms with Crippen LogP contribution in [-0.2, 0) is 4.74 Å². The van der Waals surface area contributed by atoms with E-state index >= 15 is 0 Å². The monoisotopic (exact) mass is 354 g/mol. The third kappa shape index (κ3) is 3.24. The van der Waals surface area contributed by atoms with Crippen LogP contribution in [0, 0.1) is 23.6 Å². The molecule has 0 aromatic heterocycles. The van der Waals surface area contributed by atoms with Crippen molar-refractivity contribution in [3.8, 4) is 0 Å². The average molecular weight is 354 g/mol. The molecule has 0 heterocycles. The molecule has 0 bridgehead atoms. The zero-order valence-electron chi connectivity index (χ0n) is 15.6. The Morgan fingerprint density at radius 1 is 1.04 bits per heavy atom. The first kappa shape index (κ1) is 17.5. The molecule has 4 unspecified atom stereocenters. The highest BCUT2D eigenvalue weighted by Gasteiger charge is 2.34. The van der Waals surface area contributed by atoms with Crippen LogP contribution < -0.4 is 0 Å². The van der Waals surface area contributed by atoms with E-state index in [9.17, 15) is 9.18 Å². The SMILES string of the molecule is COC(=O)c1cc(F)c2cc(C3CCC4CC(C)CCC4C3)ccc2c1. The Kier molecular flexibility index (Phi) is 4.73. The molecular weight excluding hydrogens is 327 g/mol. The van der Waals surface area contributed by atoms with Gasteiger partial charge in [0.05, 0.1) is 12.7 Å². The molecule has 0 amide bonds. The Hall–Kier alpha value is -1.90. The quantitative estimate of drug-likeness (QED) is 0.610. The molecule has 0 radical (unpaired) electrons. The largest absolute Gasteiger partial charge is 0.465 e. The smallest absolute Gasteiger partial charge is 0.337 e. The van der Waals surface area contributed by atoms with Crippen LogP contribution in [0.2, 0.25) is 0 Å². The van der Waals surface area contributed by atoms with Crippen molar-refractivity contribution >= 4 is 16.7 Å². The molecule has 2 fully saturated rings. The fourth-order valence-corrected chi connectivity index (χ4v) is 5.25. The topological polar surface area (TPSA) is 26.3 Å². The van der Waals surface area contributed by atoms with E-state index < -0.39 is 5.97 Å². The van der Waals surface area contributed by atoms with Gasteiger partial charge in [0, 0.05) is 5.39 Å². The lowest BCUT2D eigenvalue weighted by atomic mass is 9.64. The molecule has 0 aliphatic heterocycles. The van der Waals surface area contributed by atoms with E-state index in [1.807, 2.05) is 12.1 Å². The van der Waals surface area contributed by atoms with E-state index in [0.717, 1.165) is 23.1 Å². The minimum absolute atomic E-state index is 0.266. The Morgan fingerprint density at radius 3 is 2.62 bits per heavy atom. The molecule has 0 spiro atoms. The Balaban J connectivity index is 1.60. The van der Waals surface area contributed by atoms with E-state index in [0.29, 0.717) is 11.3 Å². The van der Waals surface area contributed by atoms with Crippen LogP contribution in [0.3, 0.4) is 0 Å². The summed E-state index contributed by atoms with van der Waals surface area (Å²) in [4.78, 5) is 11.7. The van der Waals surface area contributed by atoms with E-state index in [-0.39, 0.29) is 11.4 Å². The van der Waals surface area contributed by atoms with Crippen LogP contribution in [0.5, 0.6) is 0 Å². The Morgan fingerprint density at radius 2 is 1.81 bits per heavy atom. The van der Waals surface area contributed by atoms with Gasteiger partial charge < -0.3 is 4.74 Å². The van der Waals surface area contributed by atoms with E-state index in [4.69, 9.17) is 4.74 Å². The van der Waals surface area contributed by atoms with Crippen molar-refractivity contribution in [1.29, 1.82) is 0 Å². The van der Waals surface area contributed by atoms with Gasteiger partial charge in [0.2, 0.25) is 0 Å². The molecule has 4 rings (SSSR count). The molecule has 138 valence electrons. The van der Waals surface area contributed by atoms with Crippen molar-refractivity contribution in [1.82, 2.24) is 0 Å². The average Bonchev–Trinajstić information content (AvgIpc) is 2.66. The number of fused-ring (bicyclic) bond motifs is 2. The predicted molar refractivity (Wildman–Crippen MR) is 102 cm³/mol. The van der Waals surface area contributed by atoms with Crippen molar-refractivity contribution in [2.45, 2.75) is 51.4 Å². The maximum absolute atomic E-state index is 14.6. The van der Waals surface area contributed by atoms with Gasteiger partial charge in [0.15, 0.2) is 0 Å². The number of methoxy groups -OCH3 is 1. The number of esters is 1. The normalized spacial score (nSPS) is 28.6. The van der Waals surface area contributed by atoms with Gasteiger partial charge in [-0.3, -0.25) is 0 Å². The number of halogens is 1. The molecule has 2 aliphatic carbocycles. The molecule has 2 aromatic carbocycles. The predicted octanol–water partition coefficient (Wildman–Crippen LogP) is 6.09. The third-order valence-corrected chi connectivity index (χ3v) is 6.70. The summed E-state index contributed by atoms with van der Waals surface area (Å²) in [5.74, 6) is 2.31. The Labute approximate surface area is 154 Å². The van der Waals surface area contributed by atoms with Crippen LogP contribution in [0.15, 0.2) is 30.3 Å². The van der Waals surface area contributed by atoms with Gasteiger partial charge in [-0.15, -0.1) is 0 Å². The zero-order chi connectivity index (χ0) is 18.3. The highest BCUT2D eigenvalue weighted by molar-refractivity contribution is 5.95. The van der Waals surface area contributed by atoms with Crippen molar-refractivity contribution in [3.63, 3.8) is 0 Å². The molecule has 0 N–H and O–H groups in total. The van der Waals surface area contributed by atoms with Crippen LogP contribution in [-0.4, -0.2) is 13.1 Å². The standard InChI is InChI=1S/C23H27FO2/c1-14-3-4-16-10-17(6-5-15(16)9-14)18-7-8-19-11-20(23(25)26-2)13-22(24)21(19)12-18/h7-8,11-17H,3-6,9-10H2,1-2H3. The summed E-state index contributed by atoms with van der Waals surface area (Å²) in [5.41, 5.74) is 1.52. The van der Waals surface area contributed by atoms with Gasteiger partial charge in [0.1, 0.15) is 5.82 Å². The first-order valence-electron chi connectivity index (χ1n) is 9.86. The number of hydrogen-bond acceptors (Lipinski definition) is 2. The van der Waals surface area contributed by atoms with E-state index in [1.165, 1.54) is 57.3 Å². The van der Waals surface area contributed by atoms with Crippen molar-refractivity contribution in [2.24, 2.45) is 17.8 Å². The van der Waals surface area contributed by atoms with Gasteiger partial charge in [-0.1, -0.05) is 25.5 Å². The van der Waals surface area contributed by atoms with Crippen molar-refractivity contribution in [3.05, 3.63) is 47.3 Å².